The lowest BCUT2D eigenvalue weighted by atomic mass is 10.2. The molecule has 6 N–H and O–H groups in total. The van der Waals surface area contributed by atoms with E-state index in [1.54, 1.807) is 10.6 Å². The van der Waals surface area contributed by atoms with Crippen LogP contribution in [0.5, 0.6) is 0 Å². The van der Waals surface area contributed by atoms with Crippen molar-refractivity contribution in [2.75, 3.05) is 5.32 Å². The number of aliphatic hydroxyl groups is 1. The number of hydrogen-bond donors (Lipinski definition) is 4. The number of nitrogens with zero attached hydrogens (tertiary/aromatic N) is 3. The van der Waals surface area contributed by atoms with Crippen LogP contribution >= 0.6 is 11.6 Å². The first-order valence-corrected chi connectivity index (χ1v) is 8.99. The Labute approximate surface area is 156 Å². The molecule has 4 rings (SSSR count). The Kier molecular flexibility index (Phi) is 4.54. The van der Waals surface area contributed by atoms with Crippen molar-refractivity contribution in [1.82, 2.24) is 14.4 Å². The highest BCUT2D eigenvalue weighted by atomic mass is 35.5. The van der Waals surface area contributed by atoms with Crippen LogP contribution in [-0.2, 0) is 0 Å². The molecule has 1 saturated carbocycles. The molecule has 1 aliphatic carbocycles. The molecule has 1 aliphatic rings. The zero-order valence-electron chi connectivity index (χ0n) is 14.1. The largest absolute Gasteiger partial charge is 0.373 e. The predicted octanol–water partition coefficient (Wildman–Crippen LogP) is 2.29. The van der Waals surface area contributed by atoms with E-state index in [9.17, 15) is 5.11 Å². The molecule has 0 aliphatic heterocycles. The number of fused-ring (bicyclic) bond motifs is 1. The van der Waals surface area contributed by atoms with Crippen molar-refractivity contribution in [3.8, 4) is 11.3 Å². The Morgan fingerprint density at radius 1 is 1.27 bits per heavy atom. The van der Waals surface area contributed by atoms with E-state index in [4.69, 9.17) is 28.1 Å². The summed E-state index contributed by atoms with van der Waals surface area (Å²) in [6.07, 6.45) is 5.17. The summed E-state index contributed by atoms with van der Waals surface area (Å²) in [5.74, 6) is 0.661. The van der Waals surface area contributed by atoms with Crippen LogP contribution in [0.25, 0.3) is 16.9 Å². The van der Waals surface area contributed by atoms with Gasteiger partial charge in [0.2, 0.25) is 0 Å². The maximum atomic E-state index is 9.88. The van der Waals surface area contributed by atoms with Crippen molar-refractivity contribution in [1.29, 1.82) is 0 Å². The normalized spacial score (nSPS) is 21.2. The number of anilines is 1. The van der Waals surface area contributed by atoms with Gasteiger partial charge in [-0.25, -0.2) is 9.97 Å². The van der Waals surface area contributed by atoms with E-state index in [0.717, 1.165) is 30.5 Å². The Morgan fingerprint density at radius 3 is 2.69 bits per heavy atom. The number of hydrogen-bond acceptors (Lipinski definition) is 6. The third-order valence-electron chi connectivity index (χ3n) is 4.78. The molecule has 1 unspecified atom stereocenters. The number of benzene rings is 1. The zero-order valence-corrected chi connectivity index (χ0v) is 14.9. The van der Waals surface area contributed by atoms with Gasteiger partial charge in [-0.2, -0.15) is 0 Å². The third kappa shape index (κ3) is 3.26. The average Bonchev–Trinajstić information content (AvgIpc) is 3.22. The molecule has 7 nitrogen and oxygen atoms in total. The lowest BCUT2D eigenvalue weighted by molar-refractivity contribution is 0.179. The molecule has 3 aromatic rings. The van der Waals surface area contributed by atoms with Crippen LogP contribution in [0.15, 0.2) is 36.7 Å². The number of aromatic nitrogens is 3. The molecular formula is C18H21ClN6O. The van der Waals surface area contributed by atoms with Gasteiger partial charge in [0.1, 0.15) is 6.23 Å². The number of rotatable bonds is 4. The molecule has 0 amide bonds. The molecule has 0 spiro atoms. The smallest absolute Gasteiger partial charge is 0.181 e. The van der Waals surface area contributed by atoms with Gasteiger partial charge >= 0.3 is 0 Å². The second-order valence-corrected chi connectivity index (χ2v) is 7.15. The lowest BCUT2D eigenvalue weighted by Crippen LogP contribution is -2.22. The van der Waals surface area contributed by atoms with Crippen LogP contribution in [0, 0.1) is 0 Å². The standard InChI is InChI=1S/C18H21ClN6O/c19-11-3-1-10(2-4-11)14-9-25-15(16(21)26)8-22-17(18(25)24-14)23-13-6-5-12(20)7-13/h1-4,8-9,12-13,16,26H,5-7,20-21H2,(H,22,23)/t12-,13+,16?/m0/s1. The van der Waals surface area contributed by atoms with Gasteiger partial charge in [0.25, 0.3) is 0 Å². The molecule has 0 bridgehead atoms. The number of imidazole rings is 1. The van der Waals surface area contributed by atoms with Crippen LogP contribution in [0.2, 0.25) is 5.02 Å². The monoisotopic (exact) mass is 372 g/mol. The fraction of sp³-hybridized carbons (Fsp3) is 0.333. The topological polar surface area (TPSA) is 114 Å². The summed E-state index contributed by atoms with van der Waals surface area (Å²) in [4.78, 5) is 9.16. The van der Waals surface area contributed by atoms with Crippen molar-refractivity contribution >= 4 is 23.1 Å². The summed E-state index contributed by atoms with van der Waals surface area (Å²) < 4.78 is 1.78. The third-order valence-corrected chi connectivity index (χ3v) is 5.03. The van der Waals surface area contributed by atoms with Crippen molar-refractivity contribution in [2.24, 2.45) is 11.5 Å². The van der Waals surface area contributed by atoms with E-state index in [0.29, 0.717) is 22.2 Å². The molecule has 1 fully saturated rings. The summed E-state index contributed by atoms with van der Waals surface area (Å²) in [5, 5.41) is 14.0. The summed E-state index contributed by atoms with van der Waals surface area (Å²) >= 11 is 5.97. The van der Waals surface area contributed by atoms with Crippen molar-refractivity contribution < 1.29 is 5.11 Å². The molecule has 3 atom stereocenters. The van der Waals surface area contributed by atoms with Crippen LogP contribution in [0.4, 0.5) is 5.82 Å². The van der Waals surface area contributed by atoms with E-state index in [1.165, 1.54) is 0 Å². The van der Waals surface area contributed by atoms with Gasteiger partial charge in [0.15, 0.2) is 11.5 Å². The summed E-state index contributed by atoms with van der Waals surface area (Å²) in [6, 6.07) is 7.93. The quantitative estimate of drug-likeness (QED) is 0.522. The molecule has 0 saturated heterocycles. The van der Waals surface area contributed by atoms with Crippen molar-refractivity contribution in [3.63, 3.8) is 0 Å². The minimum Gasteiger partial charge on any atom is -0.373 e. The van der Waals surface area contributed by atoms with Crippen LogP contribution in [0.3, 0.4) is 0 Å². The van der Waals surface area contributed by atoms with Crippen molar-refractivity contribution in [2.45, 2.75) is 37.6 Å². The van der Waals surface area contributed by atoms with Gasteiger partial charge < -0.3 is 21.9 Å². The van der Waals surface area contributed by atoms with E-state index >= 15 is 0 Å². The van der Waals surface area contributed by atoms with E-state index in [-0.39, 0.29) is 12.1 Å². The molecule has 1 aromatic carbocycles. The molecule has 2 heterocycles. The second kappa shape index (κ2) is 6.85. The van der Waals surface area contributed by atoms with E-state index in [2.05, 4.69) is 10.3 Å². The van der Waals surface area contributed by atoms with Gasteiger partial charge in [-0.05, 0) is 31.4 Å². The van der Waals surface area contributed by atoms with Crippen LogP contribution < -0.4 is 16.8 Å². The minimum absolute atomic E-state index is 0.220. The van der Waals surface area contributed by atoms with Crippen LogP contribution in [-0.4, -0.2) is 31.6 Å². The fourth-order valence-corrected chi connectivity index (χ4v) is 3.54. The number of halogens is 1. The maximum Gasteiger partial charge on any atom is 0.181 e. The van der Waals surface area contributed by atoms with Gasteiger partial charge in [-0.1, -0.05) is 23.7 Å². The molecule has 0 radical (unpaired) electrons. The molecule has 136 valence electrons. The highest BCUT2D eigenvalue weighted by Crippen LogP contribution is 2.28. The molecule has 8 heteroatoms. The summed E-state index contributed by atoms with van der Waals surface area (Å²) in [5.41, 5.74) is 14.5. The number of nitrogens with two attached hydrogens (primary N) is 2. The van der Waals surface area contributed by atoms with E-state index < -0.39 is 6.23 Å². The van der Waals surface area contributed by atoms with E-state index in [1.807, 2.05) is 30.5 Å². The maximum absolute atomic E-state index is 9.88. The average molecular weight is 373 g/mol. The molecular weight excluding hydrogens is 352 g/mol. The van der Waals surface area contributed by atoms with Gasteiger partial charge in [-0.15, -0.1) is 0 Å². The predicted molar refractivity (Wildman–Crippen MR) is 102 cm³/mol. The summed E-state index contributed by atoms with van der Waals surface area (Å²) in [6.45, 7) is 0. The van der Waals surface area contributed by atoms with Gasteiger partial charge in [0, 0.05) is 28.9 Å². The first-order chi connectivity index (χ1) is 12.5. The first-order valence-electron chi connectivity index (χ1n) is 8.61. The Morgan fingerprint density at radius 2 is 2.04 bits per heavy atom. The second-order valence-electron chi connectivity index (χ2n) is 6.72. The zero-order chi connectivity index (χ0) is 18.3. The first kappa shape index (κ1) is 17.2. The van der Waals surface area contributed by atoms with Crippen LogP contribution in [0.1, 0.15) is 31.2 Å². The Bertz CT molecular complexity index is 923. The Hall–Kier alpha value is -2.19. The summed E-state index contributed by atoms with van der Waals surface area (Å²) in [7, 11) is 0. The molecule has 26 heavy (non-hydrogen) atoms. The highest BCUT2D eigenvalue weighted by molar-refractivity contribution is 6.30. The SMILES string of the molecule is NC(O)c1cnc(N[C@@H]2CC[C@H](N)C2)c2nc(-c3ccc(Cl)cc3)cn12. The minimum atomic E-state index is -1.15. The number of nitrogens with one attached hydrogen (secondary N) is 1. The Balaban J connectivity index is 1.78. The molecule has 2 aromatic heterocycles. The lowest BCUT2D eigenvalue weighted by Gasteiger charge is -2.15. The number of aliphatic hydroxyl groups excluding tert-OH is 1. The fourth-order valence-electron chi connectivity index (χ4n) is 3.42. The van der Waals surface area contributed by atoms with Gasteiger partial charge in [0.05, 0.1) is 17.6 Å². The highest BCUT2D eigenvalue weighted by Gasteiger charge is 2.24. The van der Waals surface area contributed by atoms with Gasteiger partial charge in [-0.3, -0.25) is 4.40 Å². The van der Waals surface area contributed by atoms with Crippen molar-refractivity contribution in [3.05, 3.63) is 47.4 Å².